The molecule has 1 aliphatic heterocycles. The summed E-state index contributed by atoms with van der Waals surface area (Å²) in [6.07, 6.45) is 0.903. The minimum atomic E-state index is -1.82. The van der Waals surface area contributed by atoms with Crippen molar-refractivity contribution < 1.29 is 28.2 Å². The topological polar surface area (TPSA) is 110 Å². The van der Waals surface area contributed by atoms with Gasteiger partial charge >= 0.3 is 6.09 Å². The maximum Gasteiger partial charge on any atom is 0.410 e. The summed E-state index contributed by atoms with van der Waals surface area (Å²) < 4.78 is 35.4. The van der Waals surface area contributed by atoms with Crippen LogP contribution in [0, 0.1) is 11.6 Å². The van der Waals surface area contributed by atoms with Gasteiger partial charge in [0.2, 0.25) is 0 Å². The van der Waals surface area contributed by atoms with E-state index in [9.17, 15) is 23.5 Å². The molecule has 0 spiro atoms. The molecule has 1 atom stereocenters. The van der Waals surface area contributed by atoms with Crippen molar-refractivity contribution in [1.29, 1.82) is 0 Å². The maximum atomic E-state index is 14.7. The van der Waals surface area contributed by atoms with Crippen molar-refractivity contribution in [3.63, 3.8) is 0 Å². The highest BCUT2D eigenvalue weighted by molar-refractivity contribution is 9.10. The number of halogens is 3. The molecular weight excluding hydrogens is 588 g/mol. The summed E-state index contributed by atoms with van der Waals surface area (Å²) in [5, 5.41) is 21.4. The van der Waals surface area contributed by atoms with Crippen LogP contribution in [0.4, 0.5) is 19.3 Å². The van der Waals surface area contributed by atoms with Crippen molar-refractivity contribution in [1.82, 2.24) is 19.9 Å². The minimum absolute atomic E-state index is 0.0734. The predicted molar refractivity (Wildman–Crippen MR) is 145 cm³/mol. The van der Waals surface area contributed by atoms with Crippen molar-refractivity contribution in [2.75, 3.05) is 18.4 Å². The van der Waals surface area contributed by atoms with Gasteiger partial charge in [-0.25, -0.2) is 18.3 Å². The van der Waals surface area contributed by atoms with Gasteiger partial charge in [-0.15, -0.1) is 5.10 Å². The highest BCUT2D eigenvalue weighted by Gasteiger charge is 2.50. The molecule has 4 aromatic rings. The zero-order chi connectivity index (χ0) is 28.4. The number of likely N-dealkylation sites (tertiary alicyclic amines) is 1. The molecule has 0 saturated carbocycles. The van der Waals surface area contributed by atoms with Crippen LogP contribution in [0.1, 0.15) is 24.1 Å². The van der Waals surface area contributed by atoms with Gasteiger partial charge < -0.3 is 20.1 Å². The van der Waals surface area contributed by atoms with Crippen LogP contribution in [0.25, 0.3) is 11.3 Å². The number of nitrogens with one attached hydrogen (secondary N) is 1. The van der Waals surface area contributed by atoms with Gasteiger partial charge in [0.25, 0.3) is 5.91 Å². The number of aromatic nitrogens is 3. The number of aliphatic hydroxyl groups is 1. The SMILES string of the molecule is C[C@@H](c1ccc(F)c(Br)c1)n1cc(-c2cc(NC(=O)C3(O)CN(C(=O)OCc4ccccc4)C3)ccc2F)nn1. The molecule has 40 heavy (non-hydrogen) atoms. The van der Waals surface area contributed by atoms with Gasteiger partial charge in [0.15, 0.2) is 5.60 Å². The zero-order valence-corrected chi connectivity index (χ0v) is 22.8. The van der Waals surface area contributed by atoms with Crippen LogP contribution in [0.3, 0.4) is 0 Å². The summed E-state index contributed by atoms with van der Waals surface area (Å²) in [5.74, 6) is -1.72. The highest BCUT2D eigenvalue weighted by atomic mass is 79.9. The second-order valence-corrected chi connectivity index (χ2v) is 10.4. The number of carbonyl (C=O) groups excluding carboxylic acids is 2. The molecule has 3 aromatic carbocycles. The average molecular weight is 612 g/mol. The van der Waals surface area contributed by atoms with Gasteiger partial charge in [-0.3, -0.25) is 4.79 Å². The molecule has 1 saturated heterocycles. The first kappa shape index (κ1) is 27.4. The van der Waals surface area contributed by atoms with Crippen LogP contribution >= 0.6 is 15.9 Å². The van der Waals surface area contributed by atoms with Gasteiger partial charge in [0.05, 0.1) is 29.8 Å². The number of amides is 2. The van der Waals surface area contributed by atoms with E-state index in [0.29, 0.717) is 4.47 Å². The third-order valence-electron chi connectivity index (χ3n) is 6.62. The molecule has 1 fully saturated rings. The lowest BCUT2D eigenvalue weighted by atomic mass is 9.93. The summed E-state index contributed by atoms with van der Waals surface area (Å²) in [7, 11) is 0. The number of hydrogen-bond acceptors (Lipinski definition) is 6. The lowest BCUT2D eigenvalue weighted by Crippen LogP contribution is -2.68. The molecule has 2 amide bonds. The van der Waals surface area contributed by atoms with E-state index in [1.54, 1.807) is 18.3 Å². The summed E-state index contributed by atoms with van der Waals surface area (Å²) in [6, 6.07) is 17.3. The smallest absolute Gasteiger partial charge is 0.410 e. The number of benzene rings is 3. The minimum Gasteiger partial charge on any atom is -0.445 e. The number of anilines is 1. The second-order valence-electron chi connectivity index (χ2n) is 9.51. The summed E-state index contributed by atoms with van der Waals surface area (Å²) in [5.41, 5.74) is 0.291. The Morgan fingerprint density at radius 2 is 1.82 bits per heavy atom. The van der Waals surface area contributed by atoms with Crippen molar-refractivity contribution in [2.24, 2.45) is 0 Å². The van der Waals surface area contributed by atoms with Gasteiger partial charge in [-0.05, 0) is 64.3 Å². The first-order valence-electron chi connectivity index (χ1n) is 12.3. The van der Waals surface area contributed by atoms with E-state index >= 15 is 0 Å². The van der Waals surface area contributed by atoms with E-state index in [4.69, 9.17) is 4.74 Å². The lowest BCUT2D eigenvalue weighted by molar-refractivity contribution is -0.150. The largest absolute Gasteiger partial charge is 0.445 e. The standard InChI is InChI=1S/C28H24BrF2N5O4/c1-17(19-7-9-24(31)22(29)11-19)36-13-25(33-34-36)21-12-20(8-10-23(21)30)32-26(37)28(39)15-35(16-28)27(38)40-14-18-5-3-2-4-6-18/h2-13,17,39H,14-16H2,1H3,(H,32,37)/t17-/m0/s1. The first-order chi connectivity index (χ1) is 19.1. The van der Waals surface area contributed by atoms with Gasteiger partial charge in [0.1, 0.15) is 23.9 Å². The number of carbonyl (C=O) groups is 2. The van der Waals surface area contributed by atoms with E-state index < -0.39 is 29.2 Å². The second kappa shape index (κ2) is 11.1. The predicted octanol–water partition coefficient (Wildman–Crippen LogP) is 4.92. The van der Waals surface area contributed by atoms with Crippen molar-refractivity contribution >= 4 is 33.6 Å². The molecule has 0 bridgehead atoms. The van der Waals surface area contributed by atoms with Crippen LogP contribution in [-0.4, -0.2) is 55.7 Å². The third kappa shape index (κ3) is 5.73. The quantitative estimate of drug-likeness (QED) is 0.307. The fraction of sp³-hybridized carbons (Fsp3) is 0.214. The van der Waals surface area contributed by atoms with E-state index in [2.05, 4.69) is 31.6 Å². The molecule has 0 unspecified atom stereocenters. The van der Waals surface area contributed by atoms with E-state index in [0.717, 1.165) is 11.1 Å². The molecule has 2 heterocycles. The Morgan fingerprint density at radius 3 is 2.55 bits per heavy atom. The molecule has 0 aliphatic carbocycles. The van der Waals surface area contributed by atoms with Crippen LogP contribution in [-0.2, 0) is 16.1 Å². The number of hydrogen-bond donors (Lipinski definition) is 2. The van der Waals surface area contributed by atoms with Crippen molar-refractivity contribution in [3.8, 4) is 11.3 Å². The fourth-order valence-electron chi connectivity index (χ4n) is 4.23. The molecule has 5 rings (SSSR count). The Labute approximate surface area is 236 Å². The van der Waals surface area contributed by atoms with Gasteiger partial charge in [-0.2, -0.15) is 0 Å². The Morgan fingerprint density at radius 1 is 1.10 bits per heavy atom. The Bertz CT molecular complexity index is 1560. The van der Waals surface area contributed by atoms with Crippen molar-refractivity contribution in [2.45, 2.75) is 25.2 Å². The van der Waals surface area contributed by atoms with Crippen LogP contribution in [0.5, 0.6) is 0 Å². The Kier molecular flexibility index (Phi) is 7.63. The Balaban J connectivity index is 1.22. The molecule has 1 aromatic heterocycles. The summed E-state index contributed by atoms with van der Waals surface area (Å²) in [6.45, 7) is 1.42. The van der Waals surface area contributed by atoms with Crippen LogP contribution < -0.4 is 5.32 Å². The molecule has 12 heteroatoms. The zero-order valence-electron chi connectivity index (χ0n) is 21.2. The number of rotatable bonds is 7. The molecular formula is C28H24BrF2N5O4. The normalized spacial score (nSPS) is 14.8. The van der Waals surface area contributed by atoms with E-state index in [1.165, 1.54) is 33.8 Å². The lowest BCUT2D eigenvalue weighted by Gasteiger charge is -2.43. The van der Waals surface area contributed by atoms with E-state index in [-0.39, 0.29) is 42.7 Å². The highest BCUT2D eigenvalue weighted by Crippen LogP contribution is 2.29. The number of nitrogens with zero attached hydrogens (tertiary/aromatic N) is 4. The first-order valence-corrected chi connectivity index (χ1v) is 13.1. The van der Waals surface area contributed by atoms with Crippen molar-refractivity contribution in [3.05, 3.63) is 100 Å². The van der Waals surface area contributed by atoms with Crippen LogP contribution in [0.15, 0.2) is 77.4 Å². The van der Waals surface area contributed by atoms with Gasteiger partial charge in [-0.1, -0.05) is 41.6 Å². The molecule has 206 valence electrons. The monoisotopic (exact) mass is 611 g/mol. The molecule has 1 aliphatic rings. The number of ether oxygens (including phenoxy) is 1. The third-order valence-corrected chi connectivity index (χ3v) is 7.23. The summed E-state index contributed by atoms with van der Waals surface area (Å²) >= 11 is 3.17. The maximum absolute atomic E-state index is 14.7. The van der Waals surface area contributed by atoms with Crippen LogP contribution in [0.2, 0.25) is 0 Å². The van der Waals surface area contributed by atoms with Gasteiger partial charge in [0, 0.05) is 11.3 Å². The van der Waals surface area contributed by atoms with E-state index in [1.807, 2.05) is 37.3 Å². The average Bonchev–Trinajstić information content (AvgIpc) is 3.42. The fourth-order valence-corrected chi connectivity index (χ4v) is 4.63. The molecule has 0 radical (unpaired) electrons. The summed E-state index contributed by atoms with van der Waals surface area (Å²) in [4.78, 5) is 26.3. The molecule has 2 N–H and O–H groups in total. The number of β-amino-alcohol motifs (C(OH)–C–C–N with tert-alkyl or cyclic N) is 1. The Hall–Kier alpha value is -4.16. The molecule has 9 nitrogen and oxygen atoms in total.